The third-order valence-corrected chi connectivity index (χ3v) is 5.57. The van der Waals surface area contributed by atoms with Crippen molar-refractivity contribution in [1.29, 1.82) is 0 Å². The summed E-state index contributed by atoms with van der Waals surface area (Å²) in [5.74, 6) is 1.14. The lowest BCUT2D eigenvalue weighted by atomic mass is 9.99. The average Bonchev–Trinajstić information content (AvgIpc) is 2.75. The second kappa shape index (κ2) is 9.75. The first-order valence-electron chi connectivity index (χ1n) is 9.81. The average molecular weight is 453 g/mol. The highest BCUT2D eigenvalue weighted by atomic mass is 79.9. The maximum absolute atomic E-state index is 12.5. The molecule has 3 aromatic rings. The molecule has 0 spiro atoms. The van der Waals surface area contributed by atoms with Gasteiger partial charge in [0.1, 0.15) is 11.5 Å². The van der Waals surface area contributed by atoms with Gasteiger partial charge in [0.05, 0.1) is 4.47 Å². The number of hydrogen-bond donors (Lipinski definition) is 0. The molecule has 0 aliphatic heterocycles. The van der Waals surface area contributed by atoms with Crippen molar-refractivity contribution in [1.82, 2.24) is 0 Å². The molecule has 0 aromatic heterocycles. The minimum Gasteiger partial charge on any atom is -0.479 e. The summed E-state index contributed by atoms with van der Waals surface area (Å²) in [5, 5.41) is 0. The fourth-order valence-electron chi connectivity index (χ4n) is 2.94. The Morgan fingerprint density at radius 1 is 0.931 bits per heavy atom. The molecule has 0 saturated carbocycles. The van der Waals surface area contributed by atoms with Gasteiger partial charge in [-0.25, -0.2) is 4.79 Å². The number of carbonyl (C=O) groups excluding carboxylic acids is 1. The Kier molecular flexibility index (Phi) is 7.10. The normalized spacial score (nSPS) is 12.8. The maximum Gasteiger partial charge on any atom is 0.352 e. The number of carbonyl (C=O) groups is 1. The molecule has 0 N–H and O–H groups in total. The van der Waals surface area contributed by atoms with Crippen LogP contribution < -0.4 is 9.47 Å². The Labute approximate surface area is 180 Å². The fourth-order valence-corrected chi connectivity index (χ4v) is 3.42. The van der Waals surface area contributed by atoms with Crippen molar-refractivity contribution in [3.8, 4) is 22.6 Å². The molecular formula is C25H25BrO3. The molecule has 0 fully saturated rings. The van der Waals surface area contributed by atoms with Crippen LogP contribution in [0.1, 0.15) is 38.7 Å². The van der Waals surface area contributed by atoms with Crippen molar-refractivity contribution in [2.45, 2.75) is 39.2 Å². The molecule has 2 atom stereocenters. The third kappa shape index (κ3) is 5.48. The molecule has 0 bridgehead atoms. The van der Waals surface area contributed by atoms with Crippen molar-refractivity contribution >= 4 is 21.9 Å². The van der Waals surface area contributed by atoms with Gasteiger partial charge in [-0.1, -0.05) is 62.4 Å². The van der Waals surface area contributed by atoms with Crippen LogP contribution in [0, 0.1) is 0 Å². The van der Waals surface area contributed by atoms with Crippen LogP contribution in [0.4, 0.5) is 0 Å². The standard InChI is InChI=1S/C25H25BrO3/c1-4-17(2)21-12-15-24(23(26)16-21)29-25(27)18(3)28-22-13-10-20(11-14-22)19-8-6-5-7-9-19/h5-18H,4H2,1-3H3. The lowest BCUT2D eigenvalue weighted by molar-refractivity contribution is -0.141. The van der Waals surface area contributed by atoms with Crippen LogP contribution in [0.5, 0.6) is 11.5 Å². The summed E-state index contributed by atoms with van der Waals surface area (Å²) in [4.78, 5) is 12.5. The summed E-state index contributed by atoms with van der Waals surface area (Å²) in [6, 6.07) is 23.6. The Hall–Kier alpha value is -2.59. The molecule has 150 valence electrons. The molecule has 29 heavy (non-hydrogen) atoms. The first-order valence-corrected chi connectivity index (χ1v) is 10.6. The second-order valence-electron chi connectivity index (χ2n) is 7.07. The van der Waals surface area contributed by atoms with Gasteiger partial charge in [-0.2, -0.15) is 0 Å². The Morgan fingerprint density at radius 3 is 2.21 bits per heavy atom. The molecule has 3 rings (SSSR count). The van der Waals surface area contributed by atoms with Gasteiger partial charge < -0.3 is 9.47 Å². The predicted molar refractivity (Wildman–Crippen MR) is 120 cm³/mol. The van der Waals surface area contributed by atoms with Gasteiger partial charge >= 0.3 is 5.97 Å². The Bertz CT molecular complexity index is 952. The number of halogens is 1. The summed E-state index contributed by atoms with van der Waals surface area (Å²) in [7, 11) is 0. The van der Waals surface area contributed by atoms with Crippen LogP contribution in [0.15, 0.2) is 77.3 Å². The van der Waals surface area contributed by atoms with Crippen molar-refractivity contribution in [3.05, 3.63) is 82.8 Å². The highest BCUT2D eigenvalue weighted by Gasteiger charge is 2.19. The van der Waals surface area contributed by atoms with Crippen LogP contribution in [0.3, 0.4) is 0 Å². The van der Waals surface area contributed by atoms with E-state index in [-0.39, 0.29) is 0 Å². The van der Waals surface area contributed by atoms with E-state index in [9.17, 15) is 4.79 Å². The van der Waals surface area contributed by atoms with E-state index in [2.05, 4.69) is 41.9 Å². The number of benzene rings is 3. The molecule has 3 nitrogen and oxygen atoms in total. The van der Waals surface area contributed by atoms with Crippen LogP contribution in [-0.2, 0) is 4.79 Å². The smallest absolute Gasteiger partial charge is 0.352 e. The van der Waals surface area contributed by atoms with Crippen LogP contribution in [-0.4, -0.2) is 12.1 Å². The maximum atomic E-state index is 12.5. The van der Waals surface area contributed by atoms with E-state index >= 15 is 0 Å². The first-order chi connectivity index (χ1) is 14.0. The van der Waals surface area contributed by atoms with E-state index in [4.69, 9.17) is 9.47 Å². The van der Waals surface area contributed by atoms with Gasteiger partial charge in [0, 0.05) is 0 Å². The van der Waals surface area contributed by atoms with Crippen molar-refractivity contribution < 1.29 is 14.3 Å². The quantitative estimate of drug-likeness (QED) is 0.285. The van der Waals surface area contributed by atoms with Crippen LogP contribution in [0.2, 0.25) is 0 Å². The molecule has 0 radical (unpaired) electrons. The van der Waals surface area contributed by atoms with E-state index in [1.54, 1.807) is 6.92 Å². The zero-order valence-electron chi connectivity index (χ0n) is 16.9. The van der Waals surface area contributed by atoms with E-state index in [1.165, 1.54) is 5.56 Å². The molecule has 2 unspecified atom stereocenters. The molecule has 0 saturated heterocycles. The SMILES string of the molecule is CCC(C)c1ccc(OC(=O)C(C)Oc2ccc(-c3ccccc3)cc2)c(Br)c1. The van der Waals surface area contributed by atoms with Crippen LogP contribution in [0.25, 0.3) is 11.1 Å². The zero-order valence-corrected chi connectivity index (χ0v) is 18.5. The summed E-state index contributed by atoms with van der Waals surface area (Å²) in [6.45, 7) is 6.01. The predicted octanol–water partition coefficient (Wildman–Crippen LogP) is 7.00. The van der Waals surface area contributed by atoms with Gasteiger partial charge in [0.25, 0.3) is 0 Å². The van der Waals surface area contributed by atoms with E-state index in [0.29, 0.717) is 17.4 Å². The van der Waals surface area contributed by atoms with E-state index in [1.807, 2.05) is 60.7 Å². The van der Waals surface area contributed by atoms with Crippen molar-refractivity contribution in [3.63, 3.8) is 0 Å². The molecule has 3 aromatic carbocycles. The minimum atomic E-state index is -0.723. The summed E-state index contributed by atoms with van der Waals surface area (Å²) < 4.78 is 12.1. The summed E-state index contributed by atoms with van der Waals surface area (Å²) in [5.41, 5.74) is 3.44. The number of hydrogen-bond acceptors (Lipinski definition) is 3. The topological polar surface area (TPSA) is 35.5 Å². The monoisotopic (exact) mass is 452 g/mol. The number of ether oxygens (including phenoxy) is 2. The lowest BCUT2D eigenvalue weighted by Gasteiger charge is -2.16. The second-order valence-corrected chi connectivity index (χ2v) is 7.93. The van der Waals surface area contributed by atoms with E-state index < -0.39 is 12.1 Å². The van der Waals surface area contributed by atoms with E-state index in [0.717, 1.165) is 22.0 Å². The summed E-state index contributed by atoms with van der Waals surface area (Å²) in [6.07, 6.45) is 0.332. The van der Waals surface area contributed by atoms with Crippen molar-refractivity contribution in [2.24, 2.45) is 0 Å². The van der Waals surface area contributed by atoms with Gasteiger partial charge in [-0.05, 0) is 76.1 Å². The first kappa shape index (κ1) is 21.1. The summed E-state index contributed by atoms with van der Waals surface area (Å²) >= 11 is 3.50. The van der Waals surface area contributed by atoms with Gasteiger partial charge in [0.15, 0.2) is 6.10 Å². The number of rotatable bonds is 7. The molecule has 0 heterocycles. The number of esters is 1. The van der Waals surface area contributed by atoms with Gasteiger partial charge in [-0.15, -0.1) is 0 Å². The Morgan fingerprint density at radius 2 is 1.59 bits per heavy atom. The van der Waals surface area contributed by atoms with Gasteiger partial charge in [0.2, 0.25) is 0 Å². The van der Waals surface area contributed by atoms with Gasteiger partial charge in [-0.3, -0.25) is 0 Å². The minimum absolute atomic E-state index is 0.436. The molecule has 0 amide bonds. The van der Waals surface area contributed by atoms with Crippen molar-refractivity contribution in [2.75, 3.05) is 0 Å². The molecule has 4 heteroatoms. The molecule has 0 aliphatic rings. The largest absolute Gasteiger partial charge is 0.479 e. The Balaban J connectivity index is 1.62. The highest BCUT2D eigenvalue weighted by Crippen LogP contribution is 2.30. The zero-order chi connectivity index (χ0) is 20.8. The molecular weight excluding hydrogens is 428 g/mol. The van der Waals surface area contributed by atoms with Crippen LogP contribution >= 0.6 is 15.9 Å². The highest BCUT2D eigenvalue weighted by molar-refractivity contribution is 9.10. The molecule has 0 aliphatic carbocycles. The lowest BCUT2D eigenvalue weighted by Crippen LogP contribution is -2.28. The third-order valence-electron chi connectivity index (χ3n) is 4.95. The fraction of sp³-hybridized carbons (Fsp3) is 0.240.